The molecule has 0 aromatic heterocycles. The molecule has 2 nitrogen and oxygen atoms in total. The van der Waals surface area contributed by atoms with Crippen molar-refractivity contribution in [1.29, 1.82) is 0 Å². The lowest BCUT2D eigenvalue weighted by atomic mass is 9.49. The smallest absolute Gasteiger partial charge is 0.226 e. The van der Waals surface area contributed by atoms with E-state index in [4.69, 9.17) is 11.6 Å². The van der Waals surface area contributed by atoms with E-state index in [-0.39, 0.29) is 10.8 Å². The predicted octanol–water partition coefficient (Wildman–Crippen LogP) is 3.34. The topological polar surface area (TPSA) is 29.1 Å². The van der Waals surface area contributed by atoms with Crippen molar-refractivity contribution in [1.82, 2.24) is 5.32 Å². The monoisotopic (exact) mass is 269 g/mol. The van der Waals surface area contributed by atoms with Gasteiger partial charge in [0.2, 0.25) is 5.91 Å². The first-order chi connectivity index (χ1) is 8.57. The summed E-state index contributed by atoms with van der Waals surface area (Å²) in [4.78, 5) is 12.5. The van der Waals surface area contributed by atoms with Crippen LogP contribution in [-0.4, -0.2) is 17.8 Å². The molecule has 1 amide bonds. The molecule has 0 spiro atoms. The fourth-order valence-electron chi connectivity index (χ4n) is 4.96. The quantitative estimate of drug-likeness (QED) is 0.780. The second kappa shape index (κ2) is 4.70. The van der Waals surface area contributed by atoms with Crippen LogP contribution in [0.4, 0.5) is 0 Å². The lowest BCUT2D eigenvalue weighted by Gasteiger charge is -2.55. The third-order valence-electron chi connectivity index (χ3n) is 5.35. The first-order valence-corrected chi connectivity index (χ1v) is 7.93. The van der Waals surface area contributed by atoms with Gasteiger partial charge < -0.3 is 5.32 Å². The van der Waals surface area contributed by atoms with E-state index in [9.17, 15) is 4.79 Å². The minimum Gasteiger partial charge on any atom is -0.356 e. The van der Waals surface area contributed by atoms with E-state index >= 15 is 0 Å². The van der Waals surface area contributed by atoms with Gasteiger partial charge >= 0.3 is 0 Å². The van der Waals surface area contributed by atoms with Crippen LogP contribution in [0.25, 0.3) is 0 Å². The van der Waals surface area contributed by atoms with Gasteiger partial charge in [-0.05, 0) is 69.6 Å². The van der Waals surface area contributed by atoms with Crippen molar-refractivity contribution in [2.75, 3.05) is 6.54 Å². The van der Waals surface area contributed by atoms with E-state index in [1.807, 2.05) is 6.92 Å². The average Bonchev–Trinajstić information content (AvgIpc) is 2.26. The molecular formula is C15H24ClNO. The number of rotatable bonds is 4. The maximum absolute atomic E-state index is 12.5. The molecule has 4 saturated carbocycles. The third-order valence-corrected chi connectivity index (χ3v) is 5.57. The molecule has 18 heavy (non-hydrogen) atoms. The van der Waals surface area contributed by atoms with Crippen LogP contribution >= 0.6 is 11.6 Å². The maximum Gasteiger partial charge on any atom is 0.226 e. The van der Waals surface area contributed by atoms with Crippen molar-refractivity contribution < 1.29 is 4.79 Å². The SMILES string of the molecule is CC(Cl)CCNC(=O)C12CC3CC(CC(C3)C1)C2. The van der Waals surface area contributed by atoms with E-state index < -0.39 is 0 Å². The molecule has 0 saturated heterocycles. The summed E-state index contributed by atoms with van der Waals surface area (Å²) in [6.45, 7) is 2.73. The zero-order valence-electron chi connectivity index (χ0n) is 11.3. The first-order valence-electron chi connectivity index (χ1n) is 7.50. The molecule has 0 heterocycles. The van der Waals surface area contributed by atoms with Crippen molar-refractivity contribution in [2.24, 2.45) is 23.2 Å². The van der Waals surface area contributed by atoms with Crippen molar-refractivity contribution in [3.8, 4) is 0 Å². The van der Waals surface area contributed by atoms with E-state index in [1.54, 1.807) is 0 Å². The summed E-state index contributed by atoms with van der Waals surface area (Å²) in [5, 5.41) is 3.30. The number of carbonyl (C=O) groups excluding carboxylic acids is 1. The van der Waals surface area contributed by atoms with Crippen LogP contribution < -0.4 is 5.32 Å². The second-order valence-electron chi connectivity index (χ2n) is 7.02. The fourth-order valence-corrected chi connectivity index (χ4v) is 5.07. The molecule has 0 aliphatic heterocycles. The highest BCUT2D eigenvalue weighted by atomic mass is 35.5. The number of hydrogen-bond acceptors (Lipinski definition) is 1. The van der Waals surface area contributed by atoms with Crippen LogP contribution in [0.15, 0.2) is 0 Å². The first kappa shape index (κ1) is 12.8. The van der Waals surface area contributed by atoms with Gasteiger partial charge in [-0.25, -0.2) is 0 Å². The summed E-state index contributed by atoms with van der Waals surface area (Å²) in [5.41, 5.74) is 0.00427. The van der Waals surface area contributed by atoms with Gasteiger partial charge in [-0.1, -0.05) is 0 Å². The molecule has 1 atom stereocenters. The number of hydrogen-bond donors (Lipinski definition) is 1. The Morgan fingerprint density at radius 1 is 1.22 bits per heavy atom. The molecule has 1 unspecified atom stereocenters. The lowest BCUT2D eigenvalue weighted by Crippen LogP contribution is -2.53. The zero-order valence-corrected chi connectivity index (χ0v) is 12.0. The fraction of sp³-hybridized carbons (Fsp3) is 0.933. The molecular weight excluding hydrogens is 246 g/mol. The Morgan fingerprint density at radius 3 is 2.17 bits per heavy atom. The molecule has 0 aromatic carbocycles. The Hall–Kier alpha value is -0.240. The van der Waals surface area contributed by atoms with Gasteiger partial charge in [0.05, 0.1) is 0 Å². The third kappa shape index (κ3) is 2.29. The van der Waals surface area contributed by atoms with Crippen LogP contribution in [0.2, 0.25) is 0 Å². The van der Waals surface area contributed by atoms with E-state index in [1.165, 1.54) is 19.3 Å². The second-order valence-corrected chi connectivity index (χ2v) is 7.77. The molecule has 4 rings (SSSR count). The van der Waals surface area contributed by atoms with E-state index in [0.717, 1.165) is 50.0 Å². The lowest BCUT2D eigenvalue weighted by molar-refractivity contribution is -0.146. The Bertz CT molecular complexity index is 304. The van der Waals surface area contributed by atoms with Gasteiger partial charge in [-0.3, -0.25) is 4.79 Å². The summed E-state index contributed by atoms with van der Waals surface area (Å²) >= 11 is 5.93. The van der Waals surface area contributed by atoms with Crippen LogP contribution in [0, 0.1) is 23.2 Å². The summed E-state index contributed by atoms with van der Waals surface area (Å²) < 4.78 is 0. The van der Waals surface area contributed by atoms with Crippen molar-refractivity contribution in [3.63, 3.8) is 0 Å². The molecule has 0 radical (unpaired) electrons. The summed E-state index contributed by atoms with van der Waals surface area (Å²) in [7, 11) is 0. The average molecular weight is 270 g/mol. The molecule has 4 aliphatic carbocycles. The summed E-state index contributed by atoms with van der Waals surface area (Å²) in [5.74, 6) is 2.86. The molecule has 4 aliphatic rings. The number of nitrogens with one attached hydrogen (secondary N) is 1. The van der Waals surface area contributed by atoms with Gasteiger partial charge in [-0.2, -0.15) is 0 Å². The van der Waals surface area contributed by atoms with Crippen molar-refractivity contribution in [3.05, 3.63) is 0 Å². The highest BCUT2D eigenvalue weighted by Crippen LogP contribution is 2.60. The van der Waals surface area contributed by atoms with Gasteiger partial charge in [-0.15, -0.1) is 11.6 Å². The van der Waals surface area contributed by atoms with Crippen LogP contribution in [0.3, 0.4) is 0 Å². The molecule has 4 bridgehead atoms. The molecule has 0 aromatic rings. The Balaban J connectivity index is 1.62. The Morgan fingerprint density at radius 2 is 1.72 bits per heavy atom. The minimum absolute atomic E-state index is 0.00427. The minimum atomic E-state index is 0.00427. The number of carbonyl (C=O) groups is 1. The molecule has 102 valence electrons. The van der Waals surface area contributed by atoms with Crippen molar-refractivity contribution in [2.45, 2.75) is 57.2 Å². The van der Waals surface area contributed by atoms with E-state index in [0.29, 0.717) is 5.91 Å². The molecule has 1 N–H and O–H groups in total. The van der Waals surface area contributed by atoms with Crippen LogP contribution in [0.1, 0.15) is 51.9 Å². The van der Waals surface area contributed by atoms with Crippen LogP contribution in [-0.2, 0) is 4.79 Å². The number of halogens is 1. The highest BCUT2D eigenvalue weighted by molar-refractivity contribution is 6.20. The standard InChI is InChI=1S/C15H24ClNO/c1-10(16)2-3-17-14(18)15-7-11-4-12(8-15)6-13(5-11)9-15/h10-13H,2-9H2,1H3,(H,17,18). The summed E-state index contributed by atoms with van der Waals surface area (Å²) in [6, 6.07) is 0. The predicted molar refractivity (Wildman–Crippen MR) is 73.5 cm³/mol. The largest absolute Gasteiger partial charge is 0.356 e. The molecule has 4 fully saturated rings. The highest BCUT2D eigenvalue weighted by Gasteiger charge is 2.54. The van der Waals surface area contributed by atoms with Gasteiger partial charge in [0.25, 0.3) is 0 Å². The summed E-state index contributed by atoms with van der Waals surface area (Å²) in [6.07, 6.45) is 8.52. The van der Waals surface area contributed by atoms with E-state index in [2.05, 4.69) is 5.32 Å². The molecule has 3 heteroatoms. The van der Waals surface area contributed by atoms with Gasteiger partial charge in [0.15, 0.2) is 0 Å². The number of alkyl halides is 1. The Kier molecular flexibility index (Phi) is 3.34. The van der Waals surface area contributed by atoms with Crippen molar-refractivity contribution >= 4 is 17.5 Å². The zero-order chi connectivity index (χ0) is 12.8. The van der Waals surface area contributed by atoms with Gasteiger partial charge in [0, 0.05) is 17.3 Å². The normalized spacial score (nSPS) is 42.9. The number of amides is 1. The maximum atomic E-state index is 12.5. The van der Waals surface area contributed by atoms with Gasteiger partial charge in [0.1, 0.15) is 0 Å². The Labute approximate surface area is 115 Å². The van der Waals surface area contributed by atoms with Crippen LogP contribution in [0.5, 0.6) is 0 Å².